The molecule has 0 fully saturated rings. The van der Waals surface area contributed by atoms with Crippen LogP contribution in [0.1, 0.15) is 11.1 Å². The van der Waals surface area contributed by atoms with Gasteiger partial charge in [-0.15, -0.1) is 0 Å². The summed E-state index contributed by atoms with van der Waals surface area (Å²) in [5, 5.41) is 24.7. The quantitative estimate of drug-likeness (QED) is 0.862. The first-order valence-corrected chi connectivity index (χ1v) is 5.60. The number of nitriles is 1. The molecule has 1 aromatic heterocycles. The molecule has 2 N–H and O–H groups in total. The van der Waals surface area contributed by atoms with Gasteiger partial charge in [-0.2, -0.15) is 10.4 Å². The molecule has 6 nitrogen and oxygen atoms in total. The minimum Gasteiger partial charge on any atom is -0.508 e. The molecule has 0 bridgehead atoms. The van der Waals surface area contributed by atoms with Crippen molar-refractivity contribution in [2.45, 2.75) is 6.42 Å². The van der Waals surface area contributed by atoms with Gasteiger partial charge in [0.2, 0.25) is 5.91 Å². The maximum atomic E-state index is 11.9. The Morgan fingerprint density at radius 1 is 1.58 bits per heavy atom. The van der Waals surface area contributed by atoms with Crippen LogP contribution in [0.15, 0.2) is 30.5 Å². The first-order valence-electron chi connectivity index (χ1n) is 5.60. The van der Waals surface area contributed by atoms with Crippen LogP contribution in [-0.4, -0.2) is 20.8 Å². The van der Waals surface area contributed by atoms with Crippen LogP contribution >= 0.6 is 0 Å². The first kappa shape index (κ1) is 12.6. The summed E-state index contributed by atoms with van der Waals surface area (Å²) in [6, 6.07) is 8.43. The molecule has 0 saturated heterocycles. The van der Waals surface area contributed by atoms with E-state index in [1.165, 1.54) is 23.0 Å². The van der Waals surface area contributed by atoms with Gasteiger partial charge in [0.25, 0.3) is 0 Å². The van der Waals surface area contributed by atoms with Gasteiger partial charge in [-0.25, -0.2) is 0 Å². The van der Waals surface area contributed by atoms with Crippen LogP contribution in [0.3, 0.4) is 0 Å². The number of carbonyl (C=O) groups is 1. The molecule has 0 aliphatic heterocycles. The van der Waals surface area contributed by atoms with Crippen LogP contribution in [0, 0.1) is 11.3 Å². The van der Waals surface area contributed by atoms with E-state index in [1.807, 2.05) is 6.07 Å². The number of rotatable bonds is 3. The van der Waals surface area contributed by atoms with E-state index in [4.69, 9.17) is 5.26 Å². The topological polar surface area (TPSA) is 90.9 Å². The summed E-state index contributed by atoms with van der Waals surface area (Å²) in [4.78, 5) is 11.9. The molecule has 1 heterocycles. The van der Waals surface area contributed by atoms with Gasteiger partial charge < -0.3 is 10.4 Å². The Morgan fingerprint density at radius 3 is 3.05 bits per heavy atom. The SMILES string of the molecule is Cn1ncc(C#N)c1NC(=O)Cc1cccc(O)c1. The zero-order valence-electron chi connectivity index (χ0n) is 10.3. The second-order valence-electron chi connectivity index (χ2n) is 4.04. The molecule has 0 unspecified atom stereocenters. The number of benzene rings is 1. The zero-order valence-corrected chi connectivity index (χ0v) is 10.3. The molecule has 0 radical (unpaired) electrons. The minimum absolute atomic E-state index is 0.114. The molecule has 1 aromatic carbocycles. The van der Waals surface area contributed by atoms with E-state index in [2.05, 4.69) is 10.4 Å². The van der Waals surface area contributed by atoms with Crippen LogP contribution < -0.4 is 5.32 Å². The average molecular weight is 256 g/mol. The second-order valence-corrected chi connectivity index (χ2v) is 4.04. The van der Waals surface area contributed by atoms with Gasteiger partial charge in [-0.3, -0.25) is 9.48 Å². The van der Waals surface area contributed by atoms with Crippen LogP contribution in [-0.2, 0) is 18.3 Å². The lowest BCUT2D eigenvalue weighted by molar-refractivity contribution is -0.115. The van der Waals surface area contributed by atoms with Crippen LogP contribution in [0.25, 0.3) is 0 Å². The number of anilines is 1. The summed E-state index contributed by atoms with van der Waals surface area (Å²) in [7, 11) is 1.64. The largest absolute Gasteiger partial charge is 0.508 e. The van der Waals surface area contributed by atoms with Gasteiger partial charge in [0.15, 0.2) is 0 Å². The van der Waals surface area contributed by atoms with Crippen molar-refractivity contribution in [1.29, 1.82) is 5.26 Å². The molecular weight excluding hydrogens is 244 g/mol. The summed E-state index contributed by atoms with van der Waals surface area (Å²) in [5.41, 5.74) is 1.00. The number of aryl methyl sites for hydroxylation is 1. The molecule has 0 aliphatic carbocycles. The van der Waals surface area contributed by atoms with Crippen molar-refractivity contribution in [1.82, 2.24) is 9.78 Å². The smallest absolute Gasteiger partial charge is 0.229 e. The summed E-state index contributed by atoms with van der Waals surface area (Å²) < 4.78 is 1.43. The Labute approximate surface area is 109 Å². The van der Waals surface area contributed by atoms with Crippen molar-refractivity contribution in [2.24, 2.45) is 7.05 Å². The van der Waals surface area contributed by atoms with Gasteiger partial charge in [-0.1, -0.05) is 12.1 Å². The number of phenolic OH excluding ortho intramolecular Hbond substituents is 1. The number of aromatic hydroxyl groups is 1. The number of aromatic nitrogens is 2. The standard InChI is InChI=1S/C13H12N4O2/c1-17-13(10(7-14)8-15-17)16-12(19)6-9-3-2-4-11(18)5-9/h2-5,8,18H,6H2,1H3,(H,16,19). The molecule has 0 atom stereocenters. The molecule has 1 amide bonds. The number of carbonyl (C=O) groups excluding carboxylic acids is 1. The number of hydrogen-bond donors (Lipinski definition) is 2. The summed E-state index contributed by atoms with van der Waals surface area (Å²) in [6.45, 7) is 0. The van der Waals surface area contributed by atoms with E-state index in [-0.39, 0.29) is 18.1 Å². The van der Waals surface area contributed by atoms with Crippen molar-refractivity contribution in [3.63, 3.8) is 0 Å². The predicted octanol–water partition coefficient (Wildman–Crippen LogP) is 1.18. The lowest BCUT2D eigenvalue weighted by atomic mass is 10.1. The molecule has 0 aliphatic rings. The first-order chi connectivity index (χ1) is 9.10. The molecule has 6 heteroatoms. The van der Waals surface area contributed by atoms with Gasteiger partial charge >= 0.3 is 0 Å². The number of amides is 1. The number of nitrogens with one attached hydrogen (secondary N) is 1. The molecule has 2 aromatic rings. The fourth-order valence-electron chi connectivity index (χ4n) is 1.70. The molecule has 0 saturated carbocycles. The fourth-order valence-corrected chi connectivity index (χ4v) is 1.70. The number of hydrogen-bond acceptors (Lipinski definition) is 4. The van der Waals surface area contributed by atoms with E-state index in [0.717, 1.165) is 0 Å². The third kappa shape index (κ3) is 2.90. The highest BCUT2D eigenvalue weighted by Gasteiger charge is 2.12. The van der Waals surface area contributed by atoms with Crippen LogP contribution in [0.5, 0.6) is 5.75 Å². The lowest BCUT2D eigenvalue weighted by Crippen LogP contribution is -2.17. The third-order valence-corrected chi connectivity index (χ3v) is 2.59. The predicted molar refractivity (Wildman–Crippen MR) is 68.4 cm³/mol. The Balaban J connectivity index is 2.10. The van der Waals surface area contributed by atoms with Crippen molar-refractivity contribution < 1.29 is 9.90 Å². The van der Waals surface area contributed by atoms with Gasteiger partial charge in [0.1, 0.15) is 23.2 Å². The van der Waals surface area contributed by atoms with Crippen molar-refractivity contribution >= 4 is 11.7 Å². The molecule has 19 heavy (non-hydrogen) atoms. The zero-order chi connectivity index (χ0) is 13.8. The highest BCUT2D eigenvalue weighted by molar-refractivity contribution is 5.92. The van der Waals surface area contributed by atoms with E-state index in [0.29, 0.717) is 16.9 Å². The third-order valence-electron chi connectivity index (χ3n) is 2.59. The second kappa shape index (κ2) is 5.23. The highest BCUT2D eigenvalue weighted by atomic mass is 16.3. The van der Waals surface area contributed by atoms with Gasteiger partial charge in [0.05, 0.1) is 12.6 Å². The normalized spacial score (nSPS) is 9.89. The highest BCUT2D eigenvalue weighted by Crippen LogP contribution is 2.15. The number of phenols is 1. The van der Waals surface area contributed by atoms with Crippen molar-refractivity contribution in [2.75, 3.05) is 5.32 Å². The molecular formula is C13H12N4O2. The summed E-state index contributed by atoms with van der Waals surface area (Å²) in [6.07, 6.45) is 1.51. The lowest BCUT2D eigenvalue weighted by Gasteiger charge is -2.06. The molecule has 0 spiro atoms. The van der Waals surface area contributed by atoms with Gasteiger partial charge in [-0.05, 0) is 17.7 Å². The maximum absolute atomic E-state index is 11.9. The van der Waals surface area contributed by atoms with Crippen molar-refractivity contribution in [3.8, 4) is 11.8 Å². The monoisotopic (exact) mass is 256 g/mol. The Morgan fingerprint density at radius 2 is 2.37 bits per heavy atom. The minimum atomic E-state index is -0.272. The Bertz CT molecular complexity index is 655. The van der Waals surface area contributed by atoms with Crippen LogP contribution in [0.2, 0.25) is 0 Å². The molecule has 2 rings (SSSR count). The van der Waals surface area contributed by atoms with Crippen LogP contribution in [0.4, 0.5) is 5.82 Å². The van der Waals surface area contributed by atoms with E-state index < -0.39 is 0 Å². The van der Waals surface area contributed by atoms with Gasteiger partial charge in [0, 0.05) is 7.05 Å². The average Bonchev–Trinajstić information content (AvgIpc) is 2.70. The van der Waals surface area contributed by atoms with E-state index >= 15 is 0 Å². The summed E-state index contributed by atoms with van der Waals surface area (Å²) >= 11 is 0. The molecule has 96 valence electrons. The van der Waals surface area contributed by atoms with E-state index in [9.17, 15) is 9.90 Å². The van der Waals surface area contributed by atoms with E-state index in [1.54, 1.807) is 19.2 Å². The van der Waals surface area contributed by atoms with Crippen molar-refractivity contribution in [3.05, 3.63) is 41.6 Å². The Kier molecular flexibility index (Phi) is 3.48. The number of nitrogens with zero attached hydrogens (tertiary/aromatic N) is 3. The Hall–Kier alpha value is -2.81. The maximum Gasteiger partial charge on any atom is 0.229 e. The summed E-state index contributed by atoms with van der Waals surface area (Å²) in [5.74, 6) is 0.210. The fraction of sp³-hybridized carbons (Fsp3) is 0.154.